The fourth-order valence-electron chi connectivity index (χ4n) is 5.01. The quantitative estimate of drug-likeness (QED) is 0.212. The molecule has 0 aliphatic carbocycles. The molecule has 0 atom stereocenters. The maximum Gasteiger partial charge on any atom is 0.495 e. The average molecular weight is 535 g/mol. The molecule has 3 nitrogen and oxygen atoms in total. The van der Waals surface area contributed by atoms with Crippen LogP contribution >= 0.6 is 0 Å². The number of benzene rings is 5. The van der Waals surface area contributed by atoms with Crippen molar-refractivity contribution < 1.29 is 30.2 Å². The van der Waals surface area contributed by atoms with E-state index in [4.69, 9.17) is 28.8 Å². The van der Waals surface area contributed by atoms with Crippen LogP contribution in [0.1, 0.15) is 44.1 Å². The molecule has 6 aromatic rings. The van der Waals surface area contributed by atoms with Gasteiger partial charge in [-0.3, -0.25) is 0 Å². The van der Waals surface area contributed by atoms with Crippen molar-refractivity contribution in [3.05, 3.63) is 115 Å². The third kappa shape index (κ3) is 3.90. The first-order valence-corrected chi connectivity index (χ1v) is 12.9. The van der Waals surface area contributed by atoms with Crippen LogP contribution in [-0.2, 0) is 9.31 Å². The molecule has 0 radical (unpaired) electrons. The molecule has 0 spiro atoms. The summed E-state index contributed by atoms with van der Waals surface area (Å²) < 4.78 is 123. The first kappa shape index (κ1) is 15.0. The Balaban J connectivity index is 1.65. The van der Waals surface area contributed by atoms with E-state index in [0.29, 0.717) is 5.56 Å². The Hall–Kier alpha value is -4.12. The smallest absolute Gasteiger partial charge is 0.455 e. The topological polar surface area (TPSA) is 31.6 Å². The predicted octanol–water partition coefficient (Wildman–Crippen LogP) is 8.89. The van der Waals surface area contributed by atoms with Crippen molar-refractivity contribution in [2.45, 2.75) is 38.9 Å². The summed E-state index contributed by atoms with van der Waals surface area (Å²) in [4.78, 5) is 0. The fourth-order valence-corrected chi connectivity index (χ4v) is 5.01. The minimum atomic E-state index is -1.19. The second-order valence-corrected chi connectivity index (χ2v) is 10.7. The second-order valence-electron chi connectivity index (χ2n) is 10.7. The Morgan fingerprint density at radius 3 is 2.10 bits per heavy atom. The summed E-state index contributed by atoms with van der Waals surface area (Å²) in [6, 6.07) is 6.14. The van der Waals surface area contributed by atoms with Crippen molar-refractivity contribution in [3.8, 4) is 33.4 Å². The van der Waals surface area contributed by atoms with Crippen LogP contribution in [0.15, 0.2) is 119 Å². The fraction of sp³-hybridized carbons (Fsp3) is 0.167. The monoisotopic (exact) mass is 534 g/mol. The van der Waals surface area contributed by atoms with E-state index in [0.717, 1.165) is 0 Å². The summed E-state index contributed by atoms with van der Waals surface area (Å²) in [6.45, 7) is 7.34. The van der Waals surface area contributed by atoms with E-state index in [1.807, 2.05) is 27.7 Å². The van der Waals surface area contributed by atoms with Crippen molar-refractivity contribution in [3.63, 3.8) is 0 Å². The molecule has 0 amide bonds. The zero-order valence-electron chi connectivity index (χ0n) is 34.3. The van der Waals surface area contributed by atoms with Crippen LogP contribution < -0.4 is 5.46 Å². The molecule has 4 heteroatoms. The molecular weight excluding hydrogens is 491 g/mol. The highest BCUT2D eigenvalue weighted by Gasteiger charge is 2.52. The number of furan rings is 1. The number of fused-ring (bicyclic) bond motifs is 3. The molecule has 2 heterocycles. The first-order chi connectivity index (χ1) is 24.3. The first-order valence-electron chi connectivity index (χ1n) is 18.9. The lowest BCUT2D eigenvalue weighted by Gasteiger charge is -2.32. The van der Waals surface area contributed by atoms with E-state index in [-0.39, 0.29) is 97.5 Å². The molecule has 1 aliphatic rings. The zero-order chi connectivity index (χ0) is 37.9. The summed E-state index contributed by atoms with van der Waals surface area (Å²) in [7, 11) is -1.19. The van der Waals surface area contributed by atoms with Crippen molar-refractivity contribution in [1.82, 2.24) is 0 Å². The molecule has 5 aromatic carbocycles. The molecule has 1 aromatic heterocycles. The van der Waals surface area contributed by atoms with Gasteiger partial charge in [0.1, 0.15) is 11.2 Å². The minimum absolute atomic E-state index is 0.0217. The van der Waals surface area contributed by atoms with E-state index < -0.39 is 48.5 Å². The maximum atomic E-state index is 9.28. The van der Waals surface area contributed by atoms with Crippen molar-refractivity contribution in [1.29, 1.82) is 0 Å². The van der Waals surface area contributed by atoms with E-state index >= 15 is 0 Å². The van der Waals surface area contributed by atoms with Crippen molar-refractivity contribution in [2.75, 3.05) is 0 Å². The predicted molar refractivity (Wildman–Crippen MR) is 166 cm³/mol. The van der Waals surface area contributed by atoms with Crippen LogP contribution in [0.4, 0.5) is 0 Å². The lowest BCUT2D eigenvalue weighted by atomic mass is 9.72. The molecule has 1 aliphatic heterocycles. The van der Waals surface area contributed by atoms with Gasteiger partial charge in [-0.2, -0.15) is 0 Å². The van der Waals surface area contributed by atoms with Crippen LogP contribution in [0, 0.1) is 0 Å². The molecule has 196 valence electrons. The Kier molecular flexibility index (Phi) is 3.47. The summed E-state index contributed by atoms with van der Waals surface area (Å²) in [6.07, 6.45) is 0. The van der Waals surface area contributed by atoms with Crippen LogP contribution in [0.3, 0.4) is 0 Å². The Labute approximate surface area is 252 Å². The molecule has 1 saturated heterocycles. The number of hydrogen-bond donors (Lipinski definition) is 0. The standard InChI is InChI=1S/C36H31BO3/c1-35(2)36(3,4)40-37(39-35)30-22-12-19-27(32(30)25-16-9-6-10-17-25)28-20-11-21-29-33-26(24-14-7-5-8-15-24)18-13-23-31(33)38-34(28)29/h5-23H,1-4H3/i5D,6D,7D,8D,9D,12D,13D,18D,19D,21D,22D,23D. The van der Waals surface area contributed by atoms with Crippen LogP contribution in [0.5, 0.6) is 0 Å². The highest BCUT2D eigenvalue weighted by Crippen LogP contribution is 2.43. The van der Waals surface area contributed by atoms with Gasteiger partial charge in [-0.25, -0.2) is 0 Å². The van der Waals surface area contributed by atoms with Gasteiger partial charge < -0.3 is 13.7 Å². The highest BCUT2D eigenvalue weighted by atomic mass is 16.7. The summed E-state index contributed by atoms with van der Waals surface area (Å²) >= 11 is 0. The molecular formula is C36H31BO3. The molecule has 0 N–H and O–H groups in total. The van der Waals surface area contributed by atoms with Gasteiger partial charge in [0.25, 0.3) is 0 Å². The van der Waals surface area contributed by atoms with Gasteiger partial charge in [-0.05, 0) is 67.0 Å². The highest BCUT2D eigenvalue weighted by molar-refractivity contribution is 6.64. The Morgan fingerprint density at radius 2 is 1.32 bits per heavy atom. The van der Waals surface area contributed by atoms with Gasteiger partial charge in [0.05, 0.1) is 27.7 Å². The second kappa shape index (κ2) is 9.23. The van der Waals surface area contributed by atoms with E-state index in [1.165, 1.54) is 36.4 Å². The van der Waals surface area contributed by atoms with Gasteiger partial charge in [0.2, 0.25) is 0 Å². The number of hydrogen-bond acceptors (Lipinski definition) is 3. The summed E-state index contributed by atoms with van der Waals surface area (Å²) in [5, 5.41) is 0.197. The molecule has 7 rings (SSSR count). The van der Waals surface area contributed by atoms with Crippen molar-refractivity contribution >= 4 is 34.5 Å². The molecule has 0 saturated carbocycles. The molecule has 0 bridgehead atoms. The van der Waals surface area contributed by atoms with Gasteiger partial charge in [-0.15, -0.1) is 0 Å². The Bertz CT molecular complexity index is 2490. The SMILES string of the molecule is [2H]c1ccc(-c2c(B3OC(C)(C)C(C)(C)O3)c([2H])c([2H])c([2H])c2-c2ccc([2H])c3c2oc2c([2H])c([2H])c([2H])c(-c4cc([2H])c([2H])c([2H])c4)c23)cc1[2H]. The largest absolute Gasteiger partial charge is 0.495 e. The van der Waals surface area contributed by atoms with Gasteiger partial charge >= 0.3 is 7.12 Å². The number of para-hydroxylation sites is 1. The minimum Gasteiger partial charge on any atom is -0.455 e. The molecule has 0 unspecified atom stereocenters. The lowest BCUT2D eigenvalue weighted by molar-refractivity contribution is 0.00578. The zero-order valence-corrected chi connectivity index (χ0v) is 22.3. The van der Waals surface area contributed by atoms with Crippen LogP contribution in [0.2, 0.25) is 0 Å². The Morgan fingerprint density at radius 1 is 0.625 bits per heavy atom. The lowest BCUT2D eigenvalue weighted by Crippen LogP contribution is -2.41. The number of rotatable bonds is 4. The molecule has 40 heavy (non-hydrogen) atoms. The van der Waals surface area contributed by atoms with Gasteiger partial charge in [0, 0.05) is 16.3 Å². The van der Waals surface area contributed by atoms with Crippen molar-refractivity contribution in [2.24, 2.45) is 0 Å². The normalized spacial score (nSPS) is 20.4. The maximum absolute atomic E-state index is 9.28. The third-order valence-electron chi connectivity index (χ3n) is 7.74. The van der Waals surface area contributed by atoms with E-state index in [2.05, 4.69) is 0 Å². The summed E-state index contributed by atoms with van der Waals surface area (Å²) in [5.74, 6) is 0. The van der Waals surface area contributed by atoms with Crippen LogP contribution in [0.25, 0.3) is 55.3 Å². The van der Waals surface area contributed by atoms with Gasteiger partial charge in [0.15, 0.2) is 0 Å². The van der Waals surface area contributed by atoms with E-state index in [9.17, 15) is 1.37 Å². The average Bonchev–Trinajstić information content (AvgIpc) is 3.57. The van der Waals surface area contributed by atoms with Gasteiger partial charge in [-0.1, -0.05) is 109 Å². The van der Waals surface area contributed by atoms with Crippen LogP contribution in [-0.4, -0.2) is 18.3 Å². The molecule has 1 fully saturated rings. The third-order valence-corrected chi connectivity index (χ3v) is 7.74. The van der Waals surface area contributed by atoms with E-state index in [1.54, 1.807) is 6.07 Å². The summed E-state index contributed by atoms with van der Waals surface area (Å²) in [5.41, 5.74) is -0.838.